The van der Waals surface area contributed by atoms with E-state index in [0.717, 1.165) is 0 Å². The van der Waals surface area contributed by atoms with Gasteiger partial charge >= 0.3 is 5.97 Å². The number of benzene rings is 1. The molecule has 0 spiro atoms. The molecule has 0 bridgehead atoms. The van der Waals surface area contributed by atoms with Crippen LogP contribution in [0.4, 0.5) is 5.69 Å². The predicted octanol–water partition coefficient (Wildman–Crippen LogP) is 1.69. The highest BCUT2D eigenvalue weighted by Gasteiger charge is 2.22. The van der Waals surface area contributed by atoms with Crippen molar-refractivity contribution in [2.75, 3.05) is 0 Å². The van der Waals surface area contributed by atoms with Crippen LogP contribution in [0.1, 0.15) is 10.5 Å². The standard InChI is InChI=1S/C11H9N3O4/c1-13-6-8(10(12-13)11(15)16)7-4-2-3-5-9(7)14(17)18/h2-6H,1H3,(H,15,16). The Kier molecular flexibility index (Phi) is 2.80. The number of hydrogen-bond acceptors (Lipinski definition) is 4. The van der Waals surface area contributed by atoms with Crippen LogP contribution in [0.15, 0.2) is 30.5 Å². The Morgan fingerprint density at radius 2 is 2.06 bits per heavy atom. The molecule has 0 atom stereocenters. The first-order valence-corrected chi connectivity index (χ1v) is 5.01. The molecule has 7 heteroatoms. The summed E-state index contributed by atoms with van der Waals surface area (Å²) in [5.74, 6) is -1.22. The fraction of sp³-hybridized carbons (Fsp3) is 0.0909. The average molecular weight is 247 g/mol. The summed E-state index contributed by atoms with van der Waals surface area (Å²) >= 11 is 0. The molecule has 0 aliphatic rings. The summed E-state index contributed by atoms with van der Waals surface area (Å²) in [6.45, 7) is 0. The number of aromatic carboxylic acids is 1. The molecule has 1 aromatic carbocycles. The molecule has 1 N–H and O–H groups in total. The van der Waals surface area contributed by atoms with E-state index in [0.29, 0.717) is 0 Å². The molecule has 0 aliphatic heterocycles. The lowest BCUT2D eigenvalue weighted by Gasteiger charge is -2.00. The molecule has 0 fully saturated rings. The second-order valence-electron chi connectivity index (χ2n) is 3.64. The van der Waals surface area contributed by atoms with E-state index in [9.17, 15) is 14.9 Å². The van der Waals surface area contributed by atoms with E-state index in [-0.39, 0.29) is 22.5 Å². The number of para-hydroxylation sites is 1. The molecule has 7 nitrogen and oxygen atoms in total. The van der Waals surface area contributed by atoms with Crippen molar-refractivity contribution in [2.24, 2.45) is 7.05 Å². The van der Waals surface area contributed by atoms with Gasteiger partial charge in [-0.05, 0) is 6.07 Å². The third-order valence-electron chi connectivity index (χ3n) is 2.42. The summed E-state index contributed by atoms with van der Waals surface area (Å²) < 4.78 is 1.31. The van der Waals surface area contributed by atoms with Crippen LogP contribution >= 0.6 is 0 Å². The van der Waals surface area contributed by atoms with Gasteiger partial charge in [0.1, 0.15) is 0 Å². The van der Waals surface area contributed by atoms with Gasteiger partial charge in [-0.25, -0.2) is 4.79 Å². The number of nitro groups is 1. The molecule has 2 rings (SSSR count). The molecule has 0 amide bonds. The summed E-state index contributed by atoms with van der Waals surface area (Å²) in [7, 11) is 1.56. The lowest BCUT2D eigenvalue weighted by Crippen LogP contribution is -2.01. The molecule has 1 aromatic heterocycles. The maximum atomic E-state index is 11.0. The fourth-order valence-electron chi connectivity index (χ4n) is 1.70. The van der Waals surface area contributed by atoms with E-state index in [1.807, 2.05) is 0 Å². The summed E-state index contributed by atoms with van der Waals surface area (Å²) in [4.78, 5) is 21.4. The zero-order valence-electron chi connectivity index (χ0n) is 9.40. The molecule has 0 saturated carbocycles. The van der Waals surface area contributed by atoms with Crippen molar-refractivity contribution in [2.45, 2.75) is 0 Å². The lowest BCUT2D eigenvalue weighted by atomic mass is 10.0. The zero-order valence-corrected chi connectivity index (χ0v) is 9.40. The Morgan fingerprint density at radius 1 is 1.39 bits per heavy atom. The topological polar surface area (TPSA) is 98.3 Å². The van der Waals surface area contributed by atoms with Crippen LogP contribution < -0.4 is 0 Å². The van der Waals surface area contributed by atoms with Crippen LogP contribution in [0.25, 0.3) is 11.1 Å². The van der Waals surface area contributed by atoms with Crippen LogP contribution in [0, 0.1) is 10.1 Å². The van der Waals surface area contributed by atoms with E-state index in [4.69, 9.17) is 5.11 Å². The van der Waals surface area contributed by atoms with Crippen molar-refractivity contribution in [3.63, 3.8) is 0 Å². The van der Waals surface area contributed by atoms with Crippen molar-refractivity contribution >= 4 is 11.7 Å². The van der Waals surface area contributed by atoms with Gasteiger partial charge in [0.25, 0.3) is 5.69 Å². The SMILES string of the molecule is Cn1cc(-c2ccccc2[N+](=O)[O-])c(C(=O)O)n1. The lowest BCUT2D eigenvalue weighted by molar-refractivity contribution is -0.384. The van der Waals surface area contributed by atoms with Crippen molar-refractivity contribution in [1.82, 2.24) is 9.78 Å². The second kappa shape index (κ2) is 4.28. The molecule has 1 heterocycles. The Balaban J connectivity index is 2.69. The monoisotopic (exact) mass is 247 g/mol. The summed E-state index contributed by atoms with van der Waals surface area (Å²) in [6, 6.07) is 5.97. The molecule has 18 heavy (non-hydrogen) atoms. The third-order valence-corrected chi connectivity index (χ3v) is 2.42. The number of aryl methyl sites for hydroxylation is 1. The normalized spacial score (nSPS) is 10.3. The number of nitrogens with zero attached hydrogens (tertiary/aromatic N) is 3. The van der Waals surface area contributed by atoms with Gasteiger partial charge in [0.05, 0.1) is 10.5 Å². The molecule has 0 aliphatic carbocycles. The predicted molar refractivity (Wildman–Crippen MR) is 62.3 cm³/mol. The number of carboxylic acid groups (broad SMARTS) is 1. The Hall–Kier alpha value is -2.70. The Bertz CT molecular complexity index is 633. The van der Waals surface area contributed by atoms with Crippen molar-refractivity contribution in [3.8, 4) is 11.1 Å². The molecule has 0 saturated heterocycles. The van der Waals surface area contributed by atoms with Crippen molar-refractivity contribution in [3.05, 3.63) is 46.3 Å². The number of carbonyl (C=O) groups is 1. The van der Waals surface area contributed by atoms with E-state index in [1.165, 1.54) is 29.1 Å². The quantitative estimate of drug-likeness (QED) is 0.657. The Labute approximate surface area is 101 Å². The highest BCUT2D eigenvalue weighted by atomic mass is 16.6. The molecular formula is C11H9N3O4. The minimum Gasteiger partial charge on any atom is -0.476 e. The largest absolute Gasteiger partial charge is 0.476 e. The number of hydrogen-bond donors (Lipinski definition) is 1. The van der Waals surface area contributed by atoms with Gasteiger partial charge < -0.3 is 5.11 Å². The number of rotatable bonds is 3. The maximum absolute atomic E-state index is 11.0. The summed E-state index contributed by atoms with van der Waals surface area (Å²) in [6.07, 6.45) is 1.45. The number of nitro benzene ring substituents is 1. The van der Waals surface area contributed by atoms with Gasteiger partial charge in [-0.15, -0.1) is 0 Å². The van der Waals surface area contributed by atoms with Crippen LogP contribution in [0.2, 0.25) is 0 Å². The van der Waals surface area contributed by atoms with E-state index < -0.39 is 10.9 Å². The average Bonchev–Trinajstić information content (AvgIpc) is 2.71. The number of aromatic nitrogens is 2. The second-order valence-corrected chi connectivity index (χ2v) is 3.64. The molecule has 92 valence electrons. The van der Waals surface area contributed by atoms with E-state index >= 15 is 0 Å². The minimum absolute atomic E-state index is 0.145. The molecule has 0 radical (unpaired) electrons. The first-order valence-electron chi connectivity index (χ1n) is 5.01. The van der Waals surface area contributed by atoms with Crippen molar-refractivity contribution in [1.29, 1.82) is 0 Å². The van der Waals surface area contributed by atoms with E-state index in [1.54, 1.807) is 13.1 Å². The van der Waals surface area contributed by atoms with Gasteiger partial charge in [-0.2, -0.15) is 5.10 Å². The van der Waals surface area contributed by atoms with Crippen LogP contribution in [-0.2, 0) is 7.05 Å². The Morgan fingerprint density at radius 3 is 2.67 bits per heavy atom. The highest BCUT2D eigenvalue weighted by molar-refractivity contribution is 5.95. The fourth-order valence-corrected chi connectivity index (χ4v) is 1.70. The zero-order chi connectivity index (χ0) is 13.3. The van der Waals surface area contributed by atoms with Gasteiger partial charge in [0.2, 0.25) is 0 Å². The van der Waals surface area contributed by atoms with Gasteiger partial charge in [0, 0.05) is 24.9 Å². The van der Waals surface area contributed by atoms with Gasteiger partial charge in [-0.1, -0.05) is 12.1 Å². The first kappa shape index (κ1) is 11.8. The van der Waals surface area contributed by atoms with Crippen LogP contribution in [-0.4, -0.2) is 25.8 Å². The smallest absolute Gasteiger partial charge is 0.357 e. The highest BCUT2D eigenvalue weighted by Crippen LogP contribution is 2.31. The first-order chi connectivity index (χ1) is 8.50. The minimum atomic E-state index is -1.22. The van der Waals surface area contributed by atoms with Crippen molar-refractivity contribution < 1.29 is 14.8 Å². The van der Waals surface area contributed by atoms with Crippen LogP contribution in [0.3, 0.4) is 0 Å². The van der Waals surface area contributed by atoms with Gasteiger partial charge in [-0.3, -0.25) is 14.8 Å². The third kappa shape index (κ3) is 1.93. The molecular weight excluding hydrogens is 238 g/mol. The summed E-state index contributed by atoms with van der Waals surface area (Å²) in [5.41, 5.74) is 0.130. The molecule has 2 aromatic rings. The van der Waals surface area contributed by atoms with Crippen LogP contribution in [0.5, 0.6) is 0 Å². The number of carboxylic acids is 1. The van der Waals surface area contributed by atoms with E-state index in [2.05, 4.69) is 5.10 Å². The molecule has 0 unspecified atom stereocenters. The maximum Gasteiger partial charge on any atom is 0.357 e. The van der Waals surface area contributed by atoms with Gasteiger partial charge in [0.15, 0.2) is 5.69 Å². The summed E-state index contributed by atoms with van der Waals surface area (Å²) in [5, 5.41) is 23.7.